The SMILES string of the molecule is Cc1ccc(Cn2c(C#N)cc(N)c2Oc2ccc(Cl)cc2)cc1. The Hall–Kier alpha value is -2.90. The molecule has 2 aromatic carbocycles. The zero-order valence-electron chi connectivity index (χ0n) is 13.2. The summed E-state index contributed by atoms with van der Waals surface area (Å²) in [7, 11) is 0. The van der Waals surface area contributed by atoms with Gasteiger partial charge in [0.1, 0.15) is 17.5 Å². The van der Waals surface area contributed by atoms with Gasteiger partial charge in [0.15, 0.2) is 0 Å². The Bertz CT molecular complexity index is 890. The highest BCUT2D eigenvalue weighted by Gasteiger charge is 2.16. The molecule has 1 aromatic heterocycles. The van der Waals surface area contributed by atoms with Crippen LogP contribution in [0, 0.1) is 18.3 Å². The molecule has 0 fully saturated rings. The number of hydrogen-bond acceptors (Lipinski definition) is 3. The zero-order valence-corrected chi connectivity index (χ0v) is 13.9. The molecule has 0 aliphatic carbocycles. The van der Waals surface area contributed by atoms with E-state index in [0.717, 1.165) is 5.56 Å². The van der Waals surface area contributed by atoms with E-state index >= 15 is 0 Å². The van der Waals surface area contributed by atoms with Crippen molar-refractivity contribution in [2.24, 2.45) is 0 Å². The summed E-state index contributed by atoms with van der Waals surface area (Å²) in [5.74, 6) is 1.06. The number of aryl methyl sites for hydroxylation is 1. The summed E-state index contributed by atoms with van der Waals surface area (Å²) in [5.41, 5.74) is 9.18. The maximum Gasteiger partial charge on any atom is 0.224 e. The average Bonchev–Trinajstić information content (AvgIpc) is 2.87. The lowest BCUT2D eigenvalue weighted by atomic mass is 10.1. The summed E-state index contributed by atoms with van der Waals surface area (Å²) in [4.78, 5) is 0. The largest absolute Gasteiger partial charge is 0.439 e. The van der Waals surface area contributed by atoms with Crippen LogP contribution in [0.5, 0.6) is 11.6 Å². The minimum absolute atomic E-state index is 0.425. The molecule has 0 bridgehead atoms. The second-order valence-corrected chi connectivity index (χ2v) is 5.97. The van der Waals surface area contributed by atoms with Gasteiger partial charge in [0.25, 0.3) is 0 Å². The van der Waals surface area contributed by atoms with E-state index in [9.17, 15) is 5.26 Å². The molecule has 120 valence electrons. The van der Waals surface area contributed by atoms with E-state index in [1.165, 1.54) is 5.56 Å². The Morgan fingerprint density at radius 2 is 1.79 bits per heavy atom. The number of benzene rings is 2. The summed E-state index contributed by atoms with van der Waals surface area (Å²) < 4.78 is 7.67. The van der Waals surface area contributed by atoms with Crippen molar-refractivity contribution < 1.29 is 4.74 Å². The van der Waals surface area contributed by atoms with Gasteiger partial charge in [-0.2, -0.15) is 5.26 Å². The molecule has 0 saturated carbocycles. The average molecular weight is 338 g/mol. The van der Waals surface area contributed by atoms with E-state index in [1.807, 2.05) is 31.2 Å². The lowest BCUT2D eigenvalue weighted by Crippen LogP contribution is -2.05. The van der Waals surface area contributed by atoms with Gasteiger partial charge in [-0.25, -0.2) is 0 Å². The molecule has 24 heavy (non-hydrogen) atoms. The number of nitriles is 1. The second kappa shape index (κ2) is 6.69. The van der Waals surface area contributed by atoms with Crippen LogP contribution in [0.2, 0.25) is 5.02 Å². The molecular weight excluding hydrogens is 322 g/mol. The van der Waals surface area contributed by atoms with E-state index < -0.39 is 0 Å². The number of nitrogens with zero attached hydrogens (tertiary/aromatic N) is 2. The normalized spacial score (nSPS) is 10.4. The first-order valence-corrected chi connectivity index (χ1v) is 7.82. The number of nitrogens with two attached hydrogens (primary N) is 1. The van der Waals surface area contributed by atoms with Crippen molar-refractivity contribution >= 4 is 17.3 Å². The fourth-order valence-corrected chi connectivity index (χ4v) is 2.53. The fraction of sp³-hybridized carbons (Fsp3) is 0.105. The monoisotopic (exact) mass is 337 g/mol. The third-order valence-corrected chi connectivity index (χ3v) is 3.93. The standard InChI is InChI=1S/C19H16ClN3O/c1-13-2-4-14(5-3-13)12-23-16(11-21)10-18(22)19(23)24-17-8-6-15(20)7-9-17/h2-10H,12,22H2,1H3. The number of halogens is 1. The Morgan fingerprint density at radius 1 is 1.12 bits per heavy atom. The number of ether oxygens (including phenoxy) is 1. The molecule has 3 rings (SSSR count). The van der Waals surface area contributed by atoms with E-state index in [4.69, 9.17) is 22.1 Å². The minimum atomic E-state index is 0.425. The van der Waals surface area contributed by atoms with Crippen molar-refractivity contribution in [3.63, 3.8) is 0 Å². The molecule has 0 aliphatic rings. The predicted octanol–water partition coefficient (Wildman–Crippen LogP) is 4.74. The number of nitrogen functional groups attached to an aromatic ring is 1. The van der Waals surface area contributed by atoms with Crippen molar-refractivity contribution in [2.45, 2.75) is 13.5 Å². The van der Waals surface area contributed by atoms with Crippen LogP contribution in [0.1, 0.15) is 16.8 Å². The van der Waals surface area contributed by atoms with Gasteiger partial charge in [-0.1, -0.05) is 41.4 Å². The summed E-state index contributed by atoms with van der Waals surface area (Å²) in [6.45, 7) is 2.54. The van der Waals surface area contributed by atoms with Gasteiger partial charge in [-0.05, 0) is 36.8 Å². The first kappa shape index (κ1) is 16.0. The summed E-state index contributed by atoms with van der Waals surface area (Å²) in [6.07, 6.45) is 0. The molecule has 0 unspecified atom stereocenters. The minimum Gasteiger partial charge on any atom is -0.439 e. The summed E-state index contributed by atoms with van der Waals surface area (Å²) >= 11 is 5.90. The third kappa shape index (κ3) is 3.37. The molecule has 5 heteroatoms. The smallest absolute Gasteiger partial charge is 0.224 e. The van der Waals surface area contributed by atoms with E-state index in [1.54, 1.807) is 34.9 Å². The molecule has 0 amide bonds. The molecular formula is C19H16ClN3O. The molecule has 0 radical (unpaired) electrons. The topological polar surface area (TPSA) is 64.0 Å². The van der Waals surface area contributed by atoms with Crippen molar-refractivity contribution in [1.29, 1.82) is 5.26 Å². The first-order chi connectivity index (χ1) is 11.6. The van der Waals surface area contributed by atoms with Crippen LogP contribution in [0.4, 0.5) is 5.69 Å². The van der Waals surface area contributed by atoms with Crippen LogP contribution < -0.4 is 10.5 Å². The highest BCUT2D eigenvalue weighted by Crippen LogP contribution is 2.32. The molecule has 0 aliphatic heterocycles. The zero-order chi connectivity index (χ0) is 17.1. The molecule has 0 saturated heterocycles. The van der Waals surface area contributed by atoms with Gasteiger partial charge in [0.2, 0.25) is 5.88 Å². The Kier molecular flexibility index (Phi) is 4.45. The Labute approximate surface area is 145 Å². The van der Waals surface area contributed by atoms with Crippen LogP contribution in [0.15, 0.2) is 54.6 Å². The number of anilines is 1. The number of aromatic nitrogens is 1. The molecule has 1 heterocycles. The third-order valence-electron chi connectivity index (χ3n) is 3.68. The van der Waals surface area contributed by atoms with Gasteiger partial charge in [0, 0.05) is 11.1 Å². The van der Waals surface area contributed by atoms with Crippen LogP contribution in [-0.4, -0.2) is 4.57 Å². The molecule has 2 N–H and O–H groups in total. The second-order valence-electron chi connectivity index (χ2n) is 5.53. The van der Waals surface area contributed by atoms with Crippen LogP contribution in [-0.2, 0) is 6.54 Å². The van der Waals surface area contributed by atoms with E-state index in [0.29, 0.717) is 34.6 Å². The van der Waals surface area contributed by atoms with Crippen LogP contribution in [0.25, 0.3) is 0 Å². The molecule has 0 atom stereocenters. The van der Waals surface area contributed by atoms with Crippen LogP contribution >= 0.6 is 11.6 Å². The number of rotatable bonds is 4. The summed E-state index contributed by atoms with van der Waals surface area (Å²) in [6, 6.07) is 18.9. The first-order valence-electron chi connectivity index (χ1n) is 7.45. The lowest BCUT2D eigenvalue weighted by Gasteiger charge is -2.13. The number of hydrogen-bond donors (Lipinski definition) is 1. The quantitative estimate of drug-likeness (QED) is 0.747. The van der Waals surface area contributed by atoms with Crippen molar-refractivity contribution in [2.75, 3.05) is 5.73 Å². The van der Waals surface area contributed by atoms with Crippen molar-refractivity contribution in [1.82, 2.24) is 4.57 Å². The van der Waals surface area contributed by atoms with Gasteiger partial charge in [-0.15, -0.1) is 0 Å². The van der Waals surface area contributed by atoms with E-state index in [2.05, 4.69) is 6.07 Å². The van der Waals surface area contributed by atoms with E-state index in [-0.39, 0.29) is 0 Å². The molecule has 3 aromatic rings. The highest BCUT2D eigenvalue weighted by atomic mass is 35.5. The van der Waals surface area contributed by atoms with Gasteiger partial charge in [0.05, 0.1) is 12.2 Å². The van der Waals surface area contributed by atoms with Gasteiger partial charge in [-0.3, -0.25) is 4.57 Å². The van der Waals surface area contributed by atoms with Gasteiger partial charge >= 0.3 is 0 Å². The molecule has 0 spiro atoms. The fourth-order valence-electron chi connectivity index (χ4n) is 2.41. The predicted molar refractivity (Wildman–Crippen MR) is 95.4 cm³/mol. The van der Waals surface area contributed by atoms with Gasteiger partial charge < -0.3 is 10.5 Å². The van der Waals surface area contributed by atoms with Crippen molar-refractivity contribution in [3.05, 3.63) is 76.4 Å². The van der Waals surface area contributed by atoms with Crippen LogP contribution in [0.3, 0.4) is 0 Å². The van der Waals surface area contributed by atoms with Crippen molar-refractivity contribution in [3.8, 4) is 17.7 Å². The highest BCUT2D eigenvalue weighted by molar-refractivity contribution is 6.30. The Balaban J connectivity index is 1.96. The maximum atomic E-state index is 9.38. The Morgan fingerprint density at radius 3 is 2.42 bits per heavy atom. The summed E-state index contributed by atoms with van der Waals surface area (Å²) in [5, 5.41) is 10.0. The molecule has 4 nitrogen and oxygen atoms in total. The lowest BCUT2D eigenvalue weighted by molar-refractivity contribution is 0.437. The maximum absolute atomic E-state index is 9.38.